The lowest BCUT2D eigenvalue weighted by atomic mass is 10.1. The third kappa shape index (κ3) is 2.54. The molecular weight excluding hydrogens is 278 g/mol. The van der Waals surface area contributed by atoms with Gasteiger partial charge in [-0.1, -0.05) is 24.3 Å². The molecule has 0 bridgehead atoms. The Kier molecular flexibility index (Phi) is 3.16. The maximum atomic E-state index is 4.69. The zero-order valence-corrected chi connectivity index (χ0v) is 12.4. The van der Waals surface area contributed by atoms with Crippen LogP contribution in [0.5, 0.6) is 0 Å². The van der Waals surface area contributed by atoms with Gasteiger partial charge in [-0.3, -0.25) is 5.10 Å². The Labute approximate surface area is 127 Å². The lowest BCUT2D eigenvalue weighted by molar-refractivity contribution is 0.899. The molecule has 1 aromatic carbocycles. The minimum absolute atomic E-state index is 1.11. The summed E-state index contributed by atoms with van der Waals surface area (Å²) in [6.45, 7) is 0. The van der Waals surface area contributed by atoms with Gasteiger partial charge in [-0.25, -0.2) is 4.98 Å². The molecule has 1 aliphatic carbocycles. The van der Waals surface area contributed by atoms with Crippen molar-refractivity contribution in [2.45, 2.75) is 19.3 Å². The van der Waals surface area contributed by atoms with Gasteiger partial charge in [-0.05, 0) is 42.5 Å². The summed E-state index contributed by atoms with van der Waals surface area (Å²) < 4.78 is 0. The number of nitrogens with zero attached hydrogens (tertiary/aromatic N) is 2. The smallest absolute Gasteiger partial charge is 0.116 e. The van der Waals surface area contributed by atoms with Crippen molar-refractivity contribution in [1.82, 2.24) is 15.2 Å². The SMILES string of the molecule is C(=C\c1nc2c(s1)CCC2)/c1cccc(-c2cn[nH]c2)c1. The number of benzene rings is 1. The molecule has 2 heterocycles. The van der Waals surface area contributed by atoms with Crippen LogP contribution in [0, 0.1) is 0 Å². The first-order chi connectivity index (χ1) is 10.4. The second-order valence-corrected chi connectivity index (χ2v) is 6.34. The highest BCUT2D eigenvalue weighted by molar-refractivity contribution is 7.12. The average molecular weight is 293 g/mol. The molecule has 2 aromatic heterocycles. The zero-order valence-electron chi connectivity index (χ0n) is 11.5. The molecule has 0 amide bonds. The highest BCUT2D eigenvalue weighted by Gasteiger charge is 2.15. The molecule has 3 aromatic rings. The van der Waals surface area contributed by atoms with Crippen LogP contribution >= 0.6 is 11.3 Å². The molecule has 0 spiro atoms. The number of H-pyrrole nitrogens is 1. The van der Waals surface area contributed by atoms with E-state index in [9.17, 15) is 0 Å². The van der Waals surface area contributed by atoms with E-state index in [0.717, 1.165) is 17.0 Å². The monoisotopic (exact) mass is 293 g/mol. The minimum Gasteiger partial charge on any atom is -0.285 e. The summed E-state index contributed by atoms with van der Waals surface area (Å²) in [6.07, 6.45) is 11.6. The number of aromatic nitrogens is 3. The van der Waals surface area contributed by atoms with Crippen molar-refractivity contribution >= 4 is 23.5 Å². The Morgan fingerprint density at radius 3 is 3.00 bits per heavy atom. The van der Waals surface area contributed by atoms with Crippen molar-refractivity contribution in [1.29, 1.82) is 0 Å². The van der Waals surface area contributed by atoms with Crippen LogP contribution in [0.2, 0.25) is 0 Å². The summed E-state index contributed by atoms with van der Waals surface area (Å²) in [5.74, 6) is 0. The second-order valence-electron chi connectivity index (χ2n) is 5.22. The van der Waals surface area contributed by atoms with Gasteiger partial charge in [0.05, 0.1) is 11.9 Å². The van der Waals surface area contributed by atoms with E-state index in [0.29, 0.717) is 0 Å². The number of fused-ring (bicyclic) bond motifs is 1. The van der Waals surface area contributed by atoms with Crippen LogP contribution in [0.1, 0.15) is 27.6 Å². The molecule has 104 valence electrons. The number of hydrogen-bond donors (Lipinski definition) is 1. The van der Waals surface area contributed by atoms with Crippen molar-refractivity contribution in [2.24, 2.45) is 0 Å². The van der Waals surface area contributed by atoms with E-state index >= 15 is 0 Å². The third-order valence-corrected chi connectivity index (χ3v) is 4.87. The van der Waals surface area contributed by atoms with E-state index < -0.39 is 0 Å². The summed E-state index contributed by atoms with van der Waals surface area (Å²) >= 11 is 1.83. The van der Waals surface area contributed by atoms with Gasteiger partial charge in [0.2, 0.25) is 0 Å². The van der Waals surface area contributed by atoms with Crippen LogP contribution in [-0.4, -0.2) is 15.2 Å². The van der Waals surface area contributed by atoms with Gasteiger partial charge in [-0.15, -0.1) is 11.3 Å². The van der Waals surface area contributed by atoms with Crippen molar-refractivity contribution in [3.05, 3.63) is 57.8 Å². The van der Waals surface area contributed by atoms with Gasteiger partial charge >= 0.3 is 0 Å². The van der Waals surface area contributed by atoms with E-state index in [1.54, 1.807) is 0 Å². The molecule has 0 saturated carbocycles. The fraction of sp³-hybridized carbons (Fsp3) is 0.176. The first kappa shape index (κ1) is 12.5. The molecule has 0 saturated heterocycles. The van der Waals surface area contributed by atoms with Crippen LogP contribution < -0.4 is 0 Å². The lowest BCUT2D eigenvalue weighted by Gasteiger charge is -1.98. The molecule has 0 unspecified atom stereocenters. The van der Waals surface area contributed by atoms with Gasteiger partial charge in [-0.2, -0.15) is 5.10 Å². The molecular formula is C17H15N3S. The Morgan fingerprint density at radius 2 is 2.14 bits per heavy atom. The summed E-state index contributed by atoms with van der Waals surface area (Å²) in [4.78, 5) is 6.17. The highest BCUT2D eigenvalue weighted by atomic mass is 32.1. The second kappa shape index (κ2) is 5.30. The summed E-state index contributed by atoms with van der Waals surface area (Å²) in [7, 11) is 0. The Balaban J connectivity index is 1.59. The predicted molar refractivity (Wildman–Crippen MR) is 87.1 cm³/mol. The van der Waals surface area contributed by atoms with Crippen LogP contribution in [0.25, 0.3) is 23.3 Å². The van der Waals surface area contributed by atoms with E-state index in [1.165, 1.54) is 34.5 Å². The van der Waals surface area contributed by atoms with Crippen LogP contribution in [0.15, 0.2) is 36.7 Å². The normalized spacial score (nSPS) is 13.9. The number of aromatic amines is 1. The molecule has 0 fully saturated rings. The third-order valence-electron chi connectivity index (χ3n) is 3.75. The average Bonchev–Trinajstić information content (AvgIpc) is 3.22. The van der Waals surface area contributed by atoms with E-state index in [-0.39, 0.29) is 0 Å². The molecule has 1 aliphatic rings. The standard InChI is InChI=1S/C17H15N3S/c1-3-12(9-13(4-1)14-10-18-19-11-14)7-8-17-20-15-5-2-6-16(15)21-17/h1,3-4,7-11H,2,5-6H2,(H,18,19)/b8-7+. The van der Waals surface area contributed by atoms with E-state index in [2.05, 4.69) is 46.6 Å². The fourth-order valence-corrected chi connectivity index (χ4v) is 3.74. The van der Waals surface area contributed by atoms with Crippen molar-refractivity contribution < 1.29 is 0 Å². The van der Waals surface area contributed by atoms with Gasteiger partial charge < -0.3 is 0 Å². The fourth-order valence-electron chi connectivity index (χ4n) is 2.68. The van der Waals surface area contributed by atoms with Crippen LogP contribution in [0.4, 0.5) is 0 Å². The maximum absolute atomic E-state index is 4.69. The largest absolute Gasteiger partial charge is 0.285 e. The molecule has 0 aliphatic heterocycles. The predicted octanol–water partition coefficient (Wildman–Crippen LogP) is 4.19. The number of hydrogen-bond acceptors (Lipinski definition) is 3. The number of nitrogens with one attached hydrogen (secondary N) is 1. The van der Waals surface area contributed by atoms with Gasteiger partial charge in [0, 0.05) is 16.6 Å². The van der Waals surface area contributed by atoms with Crippen molar-refractivity contribution in [2.75, 3.05) is 0 Å². The van der Waals surface area contributed by atoms with Crippen LogP contribution in [0.3, 0.4) is 0 Å². The van der Waals surface area contributed by atoms with E-state index in [4.69, 9.17) is 4.98 Å². The highest BCUT2D eigenvalue weighted by Crippen LogP contribution is 2.28. The van der Waals surface area contributed by atoms with Gasteiger partial charge in [0.15, 0.2) is 0 Å². The quantitative estimate of drug-likeness (QED) is 0.786. The first-order valence-electron chi connectivity index (χ1n) is 7.14. The molecule has 4 heteroatoms. The molecule has 0 radical (unpaired) electrons. The molecule has 4 rings (SSSR count). The van der Waals surface area contributed by atoms with Crippen molar-refractivity contribution in [3.63, 3.8) is 0 Å². The van der Waals surface area contributed by atoms with Gasteiger partial charge in [0.25, 0.3) is 0 Å². The first-order valence-corrected chi connectivity index (χ1v) is 7.96. The molecule has 0 atom stereocenters. The zero-order chi connectivity index (χ0) is 14.1. The maximum Gasteiger partial charge on any atom is 0.116 e. The number of thiazole rings is 1. The Morgan fingerprint density at radius 1 is 1.14 bits per heavy atom. The molecule has 3 nitrogen and oxygen atoms in total. The minimum atomic E-state index is 1.11. The van der Waals surface area contributed by atoms with Crippen LogP contribution in [-0.2, 0) is 12.8 Å². The summed E-state index contributed by atoms with van der Waals surface area (Å²) in [6, 6.07) is 8.45. The lowest BCUT2D eigenvalue weighted by Crippen LogP contribution is -1.79. The number of aryl methyl sites for hydroxylation is 2. The van der Waals surface area contributed by atoms with Gasteiger partial charge in [0.1, 0.15) is 5.01 Å². The Hall–Kier alpha value is -2.20. The Bertz CT molecular complexity index is 763. The van der Waals surface area contributed by atoms with Crippen molar-refractivity contribution in [3.8, 4) is 11.1 Å². The van der Waals surface area contributed by atoms with E-state index in [1.807, 2.05) is 23.7 Å². The topological polar surface area (TPSA) is 41.6 Å². The number of rotatable bonds is 3. The molecule has 21 heavy (non-hydrogen) atoms. The summed E-state index contributed by atoms with van der Waals surface area (Å²) in [5, 5.41) is 7.97. The molecule has 1 N–H and O–H groups in total. The summed E-state index contributed by atoms with van der Waals surface area (Å²) in [5.41, 5.74) is 4.78.